The molecule has 0 spiro atoms. The van der Waals surface area contributed by atoms with Crippen LogP contribution >= 0.6 is 0 Å². The first kappa shape index (κ1) is 14.5. The molecule has 1 aromatic rings. The highest BCUT2D eigenvalue weighted by molar-refractivity contribution is 5.03. The van der Waals surface area contributed by atoms with Gasteiger partial charge in [-0.15, -0.1) is 0 Å². The molecular formula is C16H27N3. The molecule has 0 radical (unpaired) electrons. The summed E-state index contributed by atoms with van der Waals surface area (Å²) < 4.78 is 0. The first-order valence-corrected chi connectivity index (χ1v) is 7.53. The largest absolute Gasteiger partial charge is 0.330 e. The van der Waals surface area contributed by atoms with Crippen LogP contribution in [0.5, 0.6) is 0 Å². The second-order valence-corrected chi connectivity index (χ2v) is 6.07. The zero-order valence-electron chi connectivity index (χ0n) is 12.1. The van der Waals surface area contributed by atoms with Crippen LogP contribution in [0.15, 0.2) is 24.4 Å². The van der Waals surface area contributed by atoms with Gasteiger partial charge in [0, 0.05) is 31.4 Å². The lowest BCUT2D eigenvalue weighted by atomic mass is 9.74. The van der Waals surface area contributed by atoms with Gasteiger partial charge in [-0.3, -0.25) is 4.98 Å². The van der Waals surface area contributed by atoms with Crippen LogP contribution in [0.2, 0.25) is 0 Å². The Labute approximate surface area is 117 Å². The minimum atomic E-state index is 0.372. The van der Waals surface area contributed by atoms with E-state index < -0.39 is 0 Å². The van der Waals surface area contributed by atoms with Crippen molar-refractivity contribution in [3.05, 3.63) is 30.1 Å². The Morgan fingerprint density at radius 2 is 2.05 bits per heavy atom. The van der Waals surface area contributed by atoms with E-state index in [1.54, 1.807) is 0 Å². The Bertz CT molecular complexity index is 358. The minimum absolute atomic E-state index is 0.372. The first-order chi connectivity index (χ1) is 9.24. The summed E-state index contributed by atoms with van der Waals surface area (Å²) in [5.74, 6) is 0. The van der Waals surface area contributed by atoms with E-state index in [-0.39, 0.29) is 0 Å². The van der Waals surface area contributed by atoms with Gasteiger partial charge < -0.3 is 10.6 Å². The minimum Gasteiger partial charge on any atom is -0.330 e. The Kier molecular flexibility index (Phi) is 5.34. The van der Waals surface area contributed by atoms with Crippen LogP contribution in [-0.4, -0.2) is 36.6 Å². The molecule has 0 amide bonds. The molecular weight excluding hydrogens is 234 g/mol. The van der Waals surface area contributed by atoms with Crippen LogP contribution in [0, 0.1) is 5.41 Å². The highest BCUT2D eigenvalue weighted by atomic mass is 15.1. The van der Waals surface area contributed by atoms with Gasteiger partial charge in [0.05, 0.1) is 0 Å². The molecule has 1 aliphatic carbocycles. The zero-order chi connectivity index (χ0) is 13.6. The van der Waals surface area contributed by atoms with Crippen molar-refractivity contribution in [3.63, 3.8) is 0 Å². The van der Waals surface area contributed by atoms with Crippen molar-refractivity contribution in [2.24, 2.45) is 11.1 Å². The van der Waals surface area contributed by atoms with Crippen molar-refractivity contribution in [1.82, 2.24) is 9.88 Å². The number of hydrogen-bond donors (Lipinski definition) is 1. The van der Waals surface area contributed by atoms with Crippen LogP contribution in [0.4, 0.5) is 0 Å². The standard InChI is InChI=1S/C16H27N3/c1-19(12-8-15-7-3-6-11-18-15)14-16(13-17)9-4-2-5-10-16/h3,6-7,11H,2,4-5,8-10,12-14,17H2,1H3. The molecule has 19 heavy (non-hydrogen) atoms. The summed E-state index contributed by atoms with van der Waals surface area (Å²) in [6.07, 6.45) is 9.60. The molecule has 106 valence electrons. The van der Waals surface area contributed by atoms with Gasteiger partial charge in [0.15, 0.2) is 0 Å². The molecule has 3 nitrogen and oxygen atoms in total. The van der Waals surface area contributed by atoms with E-state index in [4.69, 9.17) is 5.73 Å². The molecule has 1 heterocycles. The van der Waals surface area contributed by atoms with Crippen molar-refractivity contribution in [2.45, 2.75) is 38.5 Å². The van der Waals surface area contributed by atoms with Gasteiger partial charge in [0.1, 0.15) is 0 Å². The van der Waals surface area contributed by atoms with Gasteiger partial charge in [-0.25, -0.2) is 0 Å². The van der Waals surface area contributed by atoms with E-state index >= 15 is 0 Å². The fraction of sp³-hybridized carbons (Fsp3) is 0.688. The third-order valence-corrected chi connectivity index (χ3v) is 4.43. The monoisotopic (exact) mass is 261 g/mol. The highest BCUT2D eigenvalue weighted by Gasteiger charge is 2.31. The van der Waals surface area contributed by atoms with E-state index in [0.717, 1.165) is 26.1 Å². The van der Waals surface area contributed by atoms with Crippen molar-refractivity contribution < 1.29 is 0 Å². The average molecular weight is 261 g/mol. The summed E-state index contributed by atoms with van der Waals surface area (Å²) >= 11 is 0. The number of rotatable bonds is 6. The van der Waals surface area contributed by atoms with Crippen molar-refractivity contribution in [1.29, 1.82) is 0 Å². The molecule has 1 saturated carbocycles. The maximum atomic E-state index is 6.05. The van der Waals surface area contributed by atoms with Crippen LogP contribution in [0.1, 0.15) is 37.8 Å². The van der Waals surface area contributed by atoms with Crippen molar-refractivity contribution in [3.8, 4) is 0 Å². The molecule has 0 saturated heterocycles. The molecule has 0 atom stereocenters. The van der Waals surface area contributed by atoms with E-state index in [1.807, 2.05) is 12.3 Å². The predicted molar refractivity (Wildman–Crippen MR) is 80.0 cm³/mol. The van der Waals surface area contributed by atoms with E-state index in [0.29, 0.717) is 5.41 Å². The predicted octanol–water partition coefficient (Wildman–Crippen LogP) is 2.47. The van der Waals surface area contributed by atoms with Crippen LogP contribution in [0.25, 0.3) is 0 Å². The average Bonchev–Trinajstić information content (AvgIpc) is 2.47. The van der Waals surface area contributed by atoms with Crippen LogP contribution in [-0.2, 0) is 6.42 Å². The molecule has 0 unspecified atom stereocenters. The molecule has 1 aliphatic rings. The van der Waals surface area contributed by atoms with Crippen LogP contribution < -0.4 is 5.73 Å². The number of aromatic nitrogens is 1. The van der Waals surface area contributed by atoms with E-state index in [2.05, 4.69) is 29.1 Å². The van der Waals surface area contributed by atoms with E-state index in [9.17, 15) is 0 Å². The third-order valence-electron chi connectivity index (χ3n) is 4.43. The molecule has 0 aromatic carbocycles. The molecule has 1 fully saturated rings. The summed E-state index contributed by atoms with van der Waals surface area (Å²) in [6, 6.07) is 6.14. The van der Waals surface area contributed by atoms with Gasteiger partial charge in [0.25, 0.3) is 0 Å². The summed E-state index contributed by atoms with van der Waals surface area (Å²) in [5, 5.41) is 0. The first-order valence-electron chi connectivity index (χ1n) is 7.53. The lowest BCUT2D eigenvalue weighted by Crippen LogP contribution is -2.43. The van der Waals surface area contributed by atoms with Crippen molar-refractivity contribution >= 4 is 0 Å². The number of hydrogen-bond acceptors (Lipinski definition) is 3. The Morgan fingerprint density at radius 1 is 1.26 bits per heavy atom. The molecule has 3 heteroatoms. The maximum absolute atomic E-state index is 6.05. The molecule has 2 N–H and O–H groups in total. The smallest absolute Gasteiger partial charge is 0.0416 e. The highest BCUT2D eigenvalue weighted by Crippen LogP contribution is 2.35. The van der Waals surface area contributed by atoms with Crippen LogP contribution in [0.3, 0.4) is 0 Å². The Hall–Kier alpha value is -0.930. The van der Waals surface area contributed by atoms with Gasteiger partial charge in [-0.2, -0.15) is 0 Å². The maximum Gasteiger partial charge on any atom is 0.0416 e. The second kappa shape index (κ2) is 7.01. The summed E-state index contributed by atoms with van der Waals surface area (Å²) in [5.41, 5.74) is 7.61. The number of pyridine rings is 1. The van der Waals surface area contributed by atoms with Gasteiger partial charge in [0.2, 0.25) is 0 Å². The fourth-order valence-corrected chi connectivity index (χ4v) is 3.23. The summed E-state index contributed by atoms with van der Waals surface area (Å²) in [4.78, 5) is 6.82. The quantitative estimate of drug-likeness (QED) is 0.855. The zero-order valence-corrected chi connectivity index (χ0v) is 12.1. The Morgan fingerprint density at radius 3 is 2.68 bits per heavy atom. The second-order valence-electron chi connectivity index (χ2n) is 6.07. The molecule has 0 bridgehead atoms. The topological polar surface area (TPSA) is 42.2 Å². The fourth-order valence-electron chi connectivity index (χ4n) is 3.23. The number of likely N-dealkylation sites (N-methyl/N-ethyl adjacent to an activating group) is 1. The van der Waals surface area contributed by atoms with Gasteiger partial charge in [-0.1, -0.05) is 25.3 Å². The lowest BCUT2D eigenvalue weighted by molar-refractivity contribution is 0.128. The summed E-state index contributed by atoms with van der Waals surface area (Å²) in [6.45, 7) is 3.04. The summed E-state index contributed by atoms with van der Waals surface area (Å²) in [7, 11) is 2.22. The van der Waals surface area contributed by atoms with Crippen molar-refractivity contribution in [2.75, 3.05) is 26.7 Å². The van der Waals surface area contributed by atoms with Gasteiger partial charge >= 0.3 is 0 Å². The lowest BCUT2D eigenvalue weighted by Gasteiger charge is -2.39. The van der Waals surface area contributed by atoms with Gasteiger partial charge in [-0.05, 0) is 44.0 Å². The SMILES string of the molecule is CN(CCc1ccccn1)CC1(CN)CCCCC1. The number of nitrogens with zero attached hydrogens (tertiary/aromatic N) is 2. The molecule has 1 aromatic heterocycles. The number of nitrogens with two attached hydrogens (primary N) is 1. The molecule has 2 rings (SSSR count). The normalized spacial score (nSPS) is 18.7. The van der Waals surface area contributed by atoms with E-state index in [1.165, 1.54) is 37.8 Å². The third kappa shape index (κ3) is 4.29. The molecule has 0 aliphatic heterocycles. The Balaban J connectivity index is 1.81.